The zero-order chi connectivity index (χ0) is 15.9. The molecule has 0 saturated heterocycles. The number of nitrogens with one attached hydrogen (secondary N) is 1. The average molecular weight is 362 g/mol. The molecule has 1 amide bonds. The number of primary amides is 1. The zero-order valence-electron chi connectivity index (χ0n) is 11.5. The van der Waals surface area contributed by atoms with Crippen molar-refractivity contribution in [1.82, 2.24) is 4.98 Å². The van der Waals surface area contributed by atoms with Gasteiger partial charge in [0, 0.05) is 22.6 Å². The number of nitrogens with two attached hydrogens (primary N) is 2. The minimum Gasteiger partial charge on any atom is -0.366 e. The van der Waals surface area contributed by atoms with Gasteiger partial charge in [-0.2, -0.15) is 0 Å². The lowest BCUT2D eigenvalue weighted by Crippen LogP contribution is -2.12. The summed E-state index contributed by atoms with van der Waals surface area (Å²) in [5.41, 5.74) is 14.4. The minimum atomic E-state index is -0.530. The molecule has 0 atom stereocenters. The summed E-state index contributed by atoms with van der Waals surface area (Å²) in [6.07, 6.45) is 1.75. The van der Waals surface area contributed by atoms with Gasteiger partial charge in [-0.05, 0) is 56.9 Å². The predicted molar refractivity (Wildman–Crippen MR) is 87.8 cm³/mol. The molecule has 0 aliphatic carbocycles. The van der Waals surface area contributed by atoms with Gasteiger partial charge in [-0.15, -0.1) is 0 Å². The number of carbonyl (C=O) groups excluding carboxylic acids is 1. The van der Waals surface area contributed by atoms with Crippen molar-refractivity contribution in [3.05, 3.63) is 57.9 Å². The quantitative estimate of drug-likeness (QED) is 0.668. The molecule has 0 spiro atoms. The van der Waals surface area contributed by atoms with Crippen molar-refractivity contribution in [2.24, 2.45) is 11.5 Å². The lowest BCUT2D eigenvalue weighted by atomic mass is 9.96. The van der Waals surface area contributed by atoms with E-state index in [9.17, 15) is 9.18 Å². The van der Waals surface area contributed by atoms with Gasteiger partial charge in [0.05, 0.1) is 11.1 Å². The van der Waals surface area contributed by atoms with Gasteiger partial charge in [0.1, 0.15) is 5.82 Å². The normalized spacial score (nSPS) is 11.0. The maximum Gasteiger partial charge on any atom is 0.250 e. The number of halogens is 2. The van der Waals surface area contributed by atoms with Crippen molar-refractivity contribution in [2.45, 2.75) is 6.54 Å². The van der Waals surface area contributed by atoms with Gasteiger partial charge in [-0.25, -0.2) is 4.39 Å². The Hall–Kier alpha value is -2.18. The first kappa shape index (κ1) is 14.7. The number of hydrogen-bond donors (Lipinski definition) is 3. The van der Waals surface area contributed by atoms with Gasteiger partial charge in [-0.1, -0.05) is 6.07 Å². The van der Waals surface area contributed by atoms with E-state index in [-0.39, 0.29) is 12.4 Å². The Morgan fingerprint density at radius 1 is 1.27 bits per heavy atom. The van der Waals surface area contributed by atoms with E-state index in [1.54, 1.807) is 18.3 Å². The lowest BCUT2D eigenvalue weighted by molar-refractivity contribution is 0.100. The van der Waals surface area contributed by atoms with Gasteiger partial charge in [0.15, 0.2) is 0 Å². The molecule has 1 heterocycles. The maximum atomic E-state index is 13.4. The van der Waals surface area contributed by atoms with E-state index in [1.165, 1.54) is 12.1 Å². The van der Waals surface area contributed by atoms with Crippen molar-refractivity contribution in [3.8, 4) is 11.1 Å². The van der Waals surface area contributed by atoms with Crippen LogP contribution in [0.5, 0.6) is 0 Å². The molecule has 0 bridgehead atoms. The fourth-order valence-electron chi connectivity index (χ4n) is 2.56. The standard InChI is InChI=1S/C16H13BrFN3O/c17-14-7-21-15-12(14)4-8(5-13(15)16(20)22)11-2-1-10(18)3-9(11)6-19/h1-5,7,21H,6,19H2,(H2,20,22). The fourth-order valence-corrected chi connectivity index (χ4v) is 2.99. The lowest BCUT2D eigenvalue weighted by Gasteiger charge is -2.10. The zero-order valence-corrected chi connectivity index (χ0v) is 13.1. The van der Waals surface area contributed by atoms with Gasteiger partial charge in [0.2, 0.25) is 0 Å². The summed E-state index contributed by atoms with van der Waals surface area (Å²) < 4.78 is 14.2. The molecule has 3 rings (SSSR count). The Labute approximate surface area is 134 Å². The van der Waals surface area contributed by atoms with E-state index in [0.29, 0.717) is 16.6 Å². The minimum absolute atomic E-state index is 0.200. The number of H-pyrrole nitrogens is 1. The van der Waals surface area contributed by atoms with Crippen LogP contribution in [-0.4, -0.2) is 10.9 Å². The third-order valence-corrected chi connectivity index (χ3v) is 4.26. The van der Waals surface area contributed by atoms with Crippen LogP contribution in [0.3, 0.4) is 0 Å². The van der Waals surface area contributed by atoms with Crippen molar-refractivity contribution >= 4 is 32.7 Å². The van der Waals surface area contributed by atoms with E-state index >= 15 is 0 Å². The van der Waals surface area contributed by atoms with E-state index in [4.69, 9.17) is 11.5 Å². The van der Waals surface area contributed by atoms with Crippen LogP contribution in [0.2, 0.25) is 0 Å². The van der Waals surface area contributed by atoms with Crippen LogP contribution in [0.1, 0.15) is 15.9 Å². The molecule has 0 saturated carbocycles. The van der Waals surface area contributed by atoms with Crippen LogP contribution in [-0.2, 0) is 6.54 Å². The summed E-state index contributed by atoms with van der Waals surface area (Å²) in [4.78, 5) is 14.7. The second kappa shape index (κ2) is 5.55. The molecule has 0 aliphatic rings. The molecule has 0 radical (unpaired) electrons. The van der Waals surface area contributed by atoms with E-state index in [0.717, 1.165) is 21.0 Å². The molecule has 2 aromatic carbocycles. The van der Waals surface area contributed by atoms with Gasteiger partial charge in [-0.3, -0.25) is 4.79 Å². The third kappa shape index (κ3) is 2.40. The molecule has 5 N–H and O–H groups in total. The van der Waals surface area contributed by atoms with E-state index in [2.05, 4.69) is 20.9 Å². The first-order valence-electron chi connectivity index (χ1n) is 6.60. The Balaban J connectivity index is 2.32. The monoisotopic (exact) mass is 361 g/mol. The molecule has 0 unspecified atom stereocenters. The smallest absolute Gasteiger partial charge is 0.250 e. The summed E-state index contributed by atoms with van der Waals surface area (Å²) in [7, 11) is 0. The van der Waals surface area contributed by atoms with Crippen molar-refractivity contribution in [1.29, 1.82) is 0 Å². The second-order valence-corrected chi connectivity index (χ2v) is 5.81. The molecule has 22 heavy (non-hydrogen) atoms. The average Bonchev–Trinajstić information content (AvgIpc) is 2.87. The number of aromatic nitrogens is 1. The van der Waals surface area contributed by atoms with Gasteiger partial charge >= 0.3 is 0 Å². The predicted octanol–water partition coefficient (Wildman–Crippen LogP) is 3.29. The molecule has 3 aromatic rings. The topological polar surface area (TPSA) is 84.9 Å². The Kier molecular flexibility index (Phi) is 3.72. The second-order valence-electron chi connectivity index (χ2n) is 4.95. The molecular weight excluding hydrogens is 349 g/mol. The summed E-state index contributed by atoms with van der Waals surface area (Å²) in [5, 5.41) is 0.832. The van der Waals surface area contributed by atoms with Gasteiger partial charge in [0.25, 0.3) is 5.91 Å². The molecule has 112 valence electrons. The number of rotatable bonds is 3. The number of amides is 1. The summed E-state index contributed by atoms with van der Waals surface area (Å²) >= 11 is 3.44. The molecule has 0 fully saturated rings. The highest BCUT2D eigenvalue weighted by Gasteiger charge is 2.15. The Morgan fingerprint density at radius 2 is 2.05 bits per heavy atom. The van der Waals surface area contributed by atoms with Crippen molar-refractivity contribution in [3.63, 3.8) is 0 Å². The van der Waals surface area contributed by atoms with Crippen molar-refractivity contribution < 1.29 is 9.18 Å². The summed E-state index contributed by atoms with van der Waals surface area (Å²) in [5.74, 6) is -0.874. The van der Waals surface area contributed by atoms with Crippen molar-refractivity contribution in [2.75, 3.05) is 0 Å². The summed E-state index contributed by atoms with van der Waals surface area (Å²) in [6.45, 7) is 0.200. The van der Waals surface area contributed by atoms with Crippen LogP contribution >= 0.6 is 15.9 Å². The van der Waals surface area contributed by atoms with Crippen LogP contribution in [0.25, 0.3) is 22.0 Å². The van der Waals surface area contributed by atoms with E-state index in [1.807, 2.05) is 6.07 Å². The molecule has 6 heteroatoms. The number of aromatic amines is 1. The largest absolute Gasteiger partial charge is 0.366 e. The van der Waals surface area contributed by atoms with Gasteiger partial charge < -0.3 is 16.5 Å². The van der Waals surface area contributed by atoms with Crippen LogP contribution in [0.4, 0.5) is 4.39 Å². The third-order valence-electron chi connectivity index (χ3n) is 3.60. The number of fused-ring (bicyclic) bond motifs is 1. The first-order chi connectivity index (χ1) is 10.5. The maximum absolute atomic E-state index is 13.4. The Bertz CT molecular complexity index is 888. The molecule has 1 aromatic heterocycles. The number of hydrogen-bond acceptors (Lipinski definition) is 2. The van der Waals surface area contributed by atoms with Crippen LogP contribution < -0.4 is 11.5 Å². The fraction of sp³-hybridized carbons (Fsp3) is 0.0625. The van der Waals surface area contributed by atoms with Crippen LogP contribution in [0, 0.1) is 5.82 Å². The SMILES string of the molecule is NCc1cc(F)ccc1-c1cc(C(N)=O)c2[nH]cc(Br)c2c1. The number of carbonyl (C=O) groups is 1. The molecular formula is C16H13BrFN3O. The number of benzene rings is 2. The highest BCUT2D eigenvalue weighted by atomic mass is 79.9. The Morgan fingerprint density at radius 3 is 2.73 bits per heavy atom. The summed E-state index contributed by atoms with van der Waals surface area (Å²) in [6, 6.07) is 8.03. The first-order valence-corrected chi connectivity index (χ1v) is 7.40. The molecule has 4 nitrogen and oxygen atoms in total. The highest BCUT2D eigenvalue weighted by Crippen LogP contribution is 2.33. The molecule has 0 aliphatic heterocycles. The highest BCUT2D eigenvalue weighted by molar-refractivity contribution is 9.10. The van der Waals surface area contributed by atoms with E-state index < -0.39 is 5.91 Å². The van der Waals surface area contributed by atoms with Crippen LogP contribution in [0.15, 0.2) is 41.0 Å².